The van der Waals surface area contributed by atoms with E-state index in [9.17, 15) is 0 Å². The second kappa shape index (κ2) is 7.64. The van der Waals surface area contributed by atoms with Crippen molar-refractivity contribution in [1.29, 1.82) is 0 Å². The summed E-state index contributed by atoms with van der Waals surface area (Å²) in [4.78, 5) is 4.04. The number of aliphatic imine (C=N–C) groups is 1. The molecule has 1 aliphatic heterocycles. The third kappa shape index (κ3) is 4.04. The van der Waals surface area contributed by atoms with Crippen LogP contribution in [-0.2, 0) is 6.54 Å². The van der Waals surface area contributed by atoms with Crippen molar-refractivity contribution in [2.24, 2.45) is 4.99 Å². The summed E-state index contributed by atoms with van der Waals surface area (Å²) in [6, 6.07) is 3.79. The lowest BCUT2D eigenvalue weighted by Gasteiger charge is -2.20. The molecule has 2 rings (SSSR count). The Morgan fingerprint density at radius 2 is 2.11 bits per heavy atom. The maximum atomic E-state index is 6.15. The SMILES string of the molecule is CN=C(NC)NCc1cc(Cl)c2c(c1)OCCO2.I. The van der Waals surface area contributed by atoms with Crippen molar-refractivity contribution >= 4 is 41.5 Å². The highest BCUT2D eigenvalue weighted by Gasteiger charge is 2.16. The van der Waals surface area contributed by atoms with E-state index >= 15 is 0 Å². The normalized spacial score (nSPS) is 13.5. The predicted molar refractivity (Wildman–Crippen MR) is 87.1 cm³/mol. The van der Waals surface area contributed by atoms with Gasteiger partial charge in [0.1, 0.15) is 13.2 Å². The van der Waals surface area contributed by atoms with E-state index in [-0.39, 0.29) is 24.0 Å². The van der Waals surface area contributed by atoms with E-state index in [4.69, 9.17) is 21.1 Å². The molecule has 0 amide bonds. The Morgan fingerprint density at radius 3 is 2.79 bits per heavy atom. The van der Waals surface area contributed by atoms with Crippen LogP contribution in [0, 0.1) is 0 Å². The molecule has 19 heavy (non-hydrogen) atoms. The first kappa shape index (κ1) is 16.2. The fourth-order valence-corrected chi connectivity index (χ4v) is 2.02. The summed E-state index contributed by atoms with van der Waals surface area (Å²) in [5.74, 6) is 2.05. The van der Waals surface area contributed by atoms with Crippen LogP contribution in [0.4, 0.5) is 0 Å². The number of ether oxygens (including phenoxy) is 2. The highest BCUT2D eigenvalue weighted by Crippen LogP contribution is 2.38. The van der Waals surface area contributed by atoms with Crippen molar-refractivity contribution in [2.75, 3.05) is 27.3 Å². The number of nitrogens with one attached hydrogen (secondary N) is 2. The van der Waals surface area contributed by atoms with Crippen molar-refractivity contribution in [3.63, 3.8) is 0 Å². The minimum Gasteiger partial charge on any atom is -0.486 e. The minimum atomic E-state index is 0. The van der Waals surface area contributed by atoms with Crippen molar-refractivity contribution in [3.05, 3.63) is 22.7 Å². The molecule has 2 N–H and O–H groups in total. The predicted octanol–water partition coefficient (Wildman–Crippen LogP) is 2.02. The topological polar surface area (TPSA) is 54.9 Å². The number of halogens is 2. The molecular formula is C12H17ClIN3O2. The molecule has 1 aliphatic rings. The molecule has 0 atom stereocenters. The molecule has 0 bridgehead atoms. The summed E-state index contributed by atoms with van der Waals surface area (Å²) in [6.07, 6.45) is 0. The Bertz CT molecular complexity index is 469. The molecule has 0 aliphatic carbocycles. The van der Waals surface area contributed by atoms with Gasteiger partial charge in [-0.2, -0.15) is 0 Å². The van der Waals surface area contributed by atoms with Gasteiger partial charge in [0.25, 0.3) is 0 Å². The second-order valence-electron chi connectivity index (χ2n) is 3.78. The Labute approximate surface area is 134 Å². The fraction of sp³-hybridized carbons (Fsp3) is 0.417. The molecule has 106 valence electrons. The Kier molecular flexibility index (Phi) is 6.50. The standard InChI is InChI=1S/C12H16ClN3O2.HI/c1-14-12(15-2)16-7-8-5-9(13)11-10(6-8)17-3-4-18-11;/h5-6H,3-4,7H2,1-2H3,(H2,14,15,16);1H. The van der Waals surface area contributed by atoms with Gasteiger partial charge in [0.05, 0.1) is 5.02 Å². The van der Waals surface area contributed by atoms with E-state index in [1.165, 1.54) is 0 Å². The number of benzene rings is 1. The molecule has 0 saturated heterocycles. The number of rotatable bonds is 2. The molecule has 1 aromatic rings. The van der Waals surface area contributed by atoms with Gasteiger partial charge in [-0.05, 0) is 17.7 Å². The zero-order valence-electron chi connectivity index (χ0n) is 10.8. The largest absolute Gasteiger partial charge is 0.486 e. The fourth-order valence-electron chi connectivity index (χ4n) is 1.73. The van der Waals surface area contributed by atoms with Crippen LogP contribution < -0.4 is 20.1 Å². The van der Waals surface area contributed by atoms with Gasteiger partial charge in [-0.1, -0.05) is 11.6 Å². The van der Waals surface area contributed by atoms with E-state index in [2.05, 4.69) is 15.6 Å². The zero-order valence-corrected chi connectivity index (χ0v) is 13.9. The third-order valence-corrected chi connectivity index (χ3v) is 2.86. The van der Waals surface area contributed by atoms with Gasteiger partial charge in [-0.3, -0.25) is 4.99 Å². The Morgan fingerprint density at radius 1 is 1.37 bits per heavy atom. The summed E-state index contributed by atoms with van der Waals surface area (Å²) in [5, 5.41) is 6.67. The van der Waals surface area contributed by atoms with Gasteiger partial charge in [0.15, 0.2) is 17.5 Å². The summed E-state index contributed by atoms with van der Waals surface area (Å²) in [6.45, 7) is 1.71. The second-order valence-corrected chi connectivity index (χ2v) is 4.18. The summed E-state index contributed by atoms with van der Waals surface area (Å²) >= 11 is 6.15. The summed E-state index contributed by atoms with van der Waals surface area (Å²) < 4.78 is 11.0. The van der Waals surface area contributed by atoms with E-state index in [1.54, 1.807) is 7.05 Å². The lowest BCUT2D eigenvalue weighted by atomic mass is 10.2. The van der Waals surface area contributed by atoms with Crippen molar-refractivity contribution in [3.8, 4) is 11.5 Å². The monoisotopic (exact) mass is 397 g/mol. The van der Waals surface area contributed by atoms with Gasteiger partial charge in [-0.15, -0.1) is 24.0 Å². The zero-order chi connectivity index (χ0) is 13.0. The quantitative estimate of drug-likeness (QED) is 0.455. The molecule has 0 aromatic heterocycles. The first-order valence-electron chi connectivity index (χ1n) is 5.71. The molecular weight excluding hydrogens is 381 g/mol. The van der Waals surface area contributed by atoms with Crippen molar-refractivity contribution < 1.29 is 9.47 Å². The van der Waals surface area contributed by atoms with Crippen LogP contribution in [0.15, 0.2) is 17.1 Å². The highest BCUT2D eigenvalue weighted by molar-refractivity contribution is 14.0. The third-order valence-electron chi connectivity index (χ3n) is 2.58. The first-order chi connectivity index (χ1) is 8.74. The van der Waals surface area contributed by atoms with E-state index < -0.39 is 0 Å². The Hall–Kier alpha value is -0.890. The number of nitrogens with zero attached hydrogens (tertiary/aromatic N) is 1. The van der Waals surface area contributed by atoms with Gasteiger partial charge >= 0.3 is 0 Å². The summed E-state index contributed by atoms with van der Waals surface area (Å²) in [5.41, 5.74) is 1.01. The van der Waals surface area contributed by atoms with Gasteiger partial charge < -0.3 is 20.1 Å². The Balaban J connectivity index is 0.00000180. The van der Waals surface area contributed by atoms with Crippen LogP contribution >= 0.6 is 35.6 Å². The smallest absolute Gasteiger partial charge is 0.190 e. The lowest BCUT2D eigenvalue weighted by molar-refractivity contribution is 0.171. The highest BCUT2D eigenvalue weighted by atomic mass is 127. The number of hydrogen-bond acceptors (Lipinski definition) is 3. The lowest BCUT2D eigenvalue weighted by Crippen LogP contribution is -2.34. The summed E-state index contributed by atoms with van der Waals surface area (Å²) in [7, 11) is 3.53. The van der Waals surface area contributed by atoms with E-state index in [0.717, 1.165) is 11.5 Å². The van der Waals surface area contributed by atoms with Gasteiger partial charge in [0, 0.05) is 20.6 Å². The van der Waals surface area contributed by atoms with Crippen LogP contribution in [0.3, 0.4) is 0 Å². The average Bonchev–Trinajstić information content (AvgIpc) is 2.40. The number of guanidine groups is 1. The van der Waals surface area contributed by atoms with Crippen LogP contribution in [0.2, 0.25) is 5.02 Å². The molecule has 0 spiro atoms. The molecule has 1 aromatic carbocycles. The number of fused-ring (bicyclic) bond motifs is 1. The van der Waals surface area contributed by atoms with Crippen LogP contribution in [0.5, 0.6) is 11.5 Å². The molecule has 0 saturated carbocycles. The van der Waals surface area contributed by atoms with Crippen LogP contribution in [0.25, 0.3) is 0 Å². The van der Waals surface area contributed by atoms with E-state index in [1.807, 2.05) is 19.2 Å². The minimum absolute atomic E-state index is 0. The van der Waals surface area contributed by atoms with E-state index in [0.29, 0.717) is 36.3 Å². The molecule has 0 unspecified atom stereocenters. The van der Waals surface area contributed by atoms with Gasteiger partial charge in [-0.25, -0.2) is 0 Å². The molecule has 0 radical (unpaired) electrons. The molecule has 1 heterocycles. The maximum Gasteiger partial charge on any atom is 0.190 e. The maximum absolute atomic E-state index is 6.15. The van der Waals surface area contributed by atoms with Crippen LogP contribution in [0.1, 0.15) is 5.56 Å². The van der Waals surface area contributed by atoms with Gasteiger partial charge in [0.2, 0.25) is 0 Å². The molecule has 5 nitrogen and oxygen atoms in total. The van der Waals surface area contributed by atoms with Crippen molar-refractivity contribution in [2.45, 2.75) is 6.54 Å². The molecule has 0 fully saturated rings. The molecule has 7 heteroatoms. The average molecular weight is 398 g/mol. The first-order valence-corrected chi connectivity index (χ1v) is 6.09. The van der Waals surface area contributed by atoms with Crippen molar-refractivity contribution in [1.82, 2.24) is 10.6 Å². The number of hydrogen-bond donors (Lipinski definition) is 2. The van der Waals surface area contributed by atoms with Crippen LogP contribution in [-0.4, -0.2) is 33.3 Å².